The normalized spacial score (nSPS) is 11.3. The highest BCUT2D eigenvalue weighted by atomic mass is 35.5. The van der Waals surface area contributed by atoms with Crippen LogP contribution < -0.4 is 4.74 Å². The molecule has 0 unspecified atom stereocenters. The number of halogens is 1. The maximum atomic E-state index is 11.6. The van der Waals surface area contributed by atoms with Gasteiger partial charge in [0.2, 0.25) is 0 Å². The highest BCUT2D eigenvalue weighted by Gasteiger charge is 2.14. The Morgan fingerprint density at radius 1 is 1.26 bits per heavy atom. The van der Waals surface area contributed by atoms with Crippen molar-refractivity contribution in [1.29, 1.82) is 0 Å². The first-order chi connectivity index (χ1) is 11.0. The van der Waals surface area contributed by atoms with Crippen molar-refractivity contribution < 1.29 is 19.7 Å². The molecule has 0 bridgehead atoms. The smallest absolute Gasteiger partial charge is 0.336 e. The second-order valence-corrected chi connectivity index (χ2v) is 5.40. The van der Waals surface area contributed by atoms with Crippen LogP contribution in [0.5, 0.6) is 11.5 Å². The molecular weight excluding hydrogens is 316 g/mol. The van der Waals surface area contributed by atoms with Crippen molar-refractivity contribution in [2.75, 3.05) is 7.11 Å². The molecule has 2 aromatic rings. The third kappa shape index (κ3) is 3.85. The highest BCUT2D eigenvalue weighted by Crippen LogP contribution is 2.35. The van der Waals surface area contributed by atoms with Crippen LogP contribution in [0.25, 0.3) is 11.6 Å². The van der Waals surface area contributed by atoms with E-state index in [9.17, 15) is 15.0 Å². The van der Waals surface area contributed by atoms with Crippen LogP contribution in [0.2, 0.25) is 5.02 Å². The lowest BCUT2D eigenvalue weighted by molar-refractivity contribution is -0.130. The van der Waals surface area contributed by atoms with Crippen LogP contribution in [0, 0.1) is 0 Å². The van der Waals surface area contributed by atoms with E-state index in [1.807, 2.05) is 19.1 Å². The van der Waals surface area contributed by atoms with Crippen molar-refractivity contribution in [3.63, 3.8) is 0 Å². The Bertz CT molecular complexity index is 748. The summed E-state index contributed by atoms with van der Waals surface area (Å²) in [5, 5.41) is 20.0. The third-order valence-electron chi connectivity index (χ3n) is 3.49. The summed E-state index contributed by atoms with van der Waals surface area (Å²) in [4.78, 5) is 11.6. The molecule has 0 spiro atoms. The molecule has 0 amide bonds. The van der Waals surface area contributed by atoms with Crippen LogP contribution in [0.4, 0.5) is 0 Å². The van der Waals surface area contributed by atoms with Gasteiger partial charge in [0.1, 0.15) is 0 Å². The molecule has 0 fully saturated rings. The summed E-state index contributed by atoms with van der Waals surface area (Å²) in [6.45, 7) is 2.03. The summed E-state index contributed by atoms with van der Waals surface area (Å²) in [5.74, 6) is -1.05. The van der Waals surface area contributed by atoms with Crippen molar-refractivity contribution in [3.05, 3.63) is 58.1 Å². The lowest BCUT2D eigenvalue weighted by Crippen LogP contribution is -2.00. The van der Waals surface area contributed by atoms with Crippen molar-refractivity contribution in [1.82, 2.24) is 0 Å². The highest BCUT2D eigenvalue weighted by molar-refractivity contribution is 6.31. The van der Waals surface area contributed by atoms with Crippen LogP contribution in [0.15, 0.2) is 36.4 Å². The Morgan fingerprint density at radius 2 is 1.91 bits per heavy atom. The Labute approximate surface area is 139 Å². The molecule has 0 saturated carbocycles. The summed E-state index contributed by atoms with van der Waals surface area (Å²) in [6.07, 6.45) is 2.26. The Hall–Kier alpha value is -2.46. The van der Waals surface area contributed by atoms with Gasteiger partial charge in [0.05, 0.1) is 12.7 Å². The van der Waals surface area contributed by atoms with Crippen LogP contribution >= 0.6 is 11.6 Å². The molecule has 0 aliphatic rings. The van der Waals surface area contributed by atoms with Gasteiger partial charge in [-0.1, -0.05) is 42.8 Å². The number of carboxylic acid groups (broad SMARTS) is 1. The summed E-state index contributed by atoms with van der Waals surface area (Å²) in [5.41, 5.74) is 2.01. The van der Waals surface area contributed by atoms with Gasteiger partial charge in [-0.3, -0.25) is 0 Å². The molecule has 2 N–H and O–H groups in total. The molecule has 0 radical (unpaired) electrons. The molecule has 4 nitrogen and oxygen atoms in total. The lowest BCUT2D eigenvalue weighted by atomic mass is 10.0. The predicted octanol–water partition coefficient (Wildman–Crippen LogP) is 4.24. The first-order valence-electron chi connectivity index (χ1n) is 7.07. The van der Waals surface area contributed by atoms with Crippen molar-refractivity contribution >= 4 is 29.2 Å². The first kappa shape index (κ1) is 16.9. The molecule has 0 aromatic heterocycles. The first-order valence-corrected chi connectivity index (χ1v) is 7.44. The second-order valence-electron chi connectivity index (χ2n) is 4.96. The molecule has 2 rings (SSSR count). The average Bonchev–Trinajstić information content (AvgIpc) is 2.55. The standard InChI is InChI=1S/C18H17ClO4/c1-3-11-4-6-12(7-5-11)15(18(21)22)9-13-8-14(19)10-16(23-2)17(13)20/h4-10,20H,3H2,1-2H3,(H,21,22)/b15-9-. The Morgan fingerprint density at radius 3 is 2.43 bits per heavy atom. The molecule has 0 atom stereocenters. The van der Waals surface area contributed by atoms with E-state index >= 15 is 0 Å². The number of phenols is 1. The minimum absolute atomic E-state index is 0.0623. The van der Waals surface area contributed by atoms with E-state index in [4.69, 9.17) is 16.3 Å². The van der Waals surface area contributed by atoms with Gasteiger partial charge in [0.15, 0.2) is 11.5 Å². The van der Waals surface area contributed by atoms with Crippen LogP contribution in [-0.4, -0.2) is 23.3 Å². The topological polar surface area (TPSA) is 66.8 Å². The number of methoxy groups -OCH3 is 1. The minimum Gasteiger partial charge on any atom is -0.504 e. The summed E-state index contributed by atoms with van der Waals surface area (Å²) in [7, 11) is 1.40. The number of rotatable bonds is 5. The van der Waals surface area contributed by atoms with Gasteiger partial charge in [0, 0.05) is 16.7 Å². The van der Waals surface area contributed by atoms with E-state index in [2.05, 4.69) is 0 Å². The summed E-state index contributed by atoms with van der Waals surface area (Å²) >= 11 is 5.98. The van der Waals surface area contributed by atoms with Gasteiger partial charge in [-0.25, -0.2) is 4.79 Å². The zero-order valence-corrected chi connectivity index (χ0v) is 13.6. The SMILES string of the molecule is CCc1ccc(/C(=C/c2cc(Cl)cc(OC)c2O)C(=O)O)cc1. The largest absolute Gasteiger partial charge is 0.504 e. The molecular formula is C18H17ClO4. The number of aliphatic carboxylic acids is 1. The maximum Gasteiger partial charge on any atom is 0.336 e. The number of carbonyl (C=O) groups is 1. The minimum atomic E-state index is -1.09. The number of hydrogen-bond acceptors (Lipinski definition) is 3. The fourth-order valence-corrected chi connectivity index (χ4v) is 2.42. The Kier molecular flexibility index (Phi) is 5.29. The van der Waals surface area contributed by atoms with Crippen LogP contribution in [0.1, 0.15) is 23.6 Å². The zero-order chi connectivity index (χ0) is 17.0. The molecule has 2 aromatic carbocycles. The predicted molar refractivity (Wildman–Crippen MR) is 91.0 cm³/mol. The fraction of sp³-hybridized carbons (Fsp3) is 0.167. The van der Waals surface area contributed by atoms with E-state index in [0.29, 0.717) is 10.6 Å². The number of aryl methyl sites for hydroxylation is 1. The van der Waals surface area contributed by atoms with Gasteiger partial charge in [0.25, 0.3) is 0 Å². The molecule has 23 heavy (non-hydrogen) atoms. The van der Waals surface area contributed by atoms with E-state index in [1.165, 1.54) is 25.3 Å². The zero-order valence-electron chi connectivity index (χ0n) is 12.8. The molecule has 0 heterocycles. The second kappa shape index (κ2) is 7.20. The lowest BCUT2D eigenvalue weighted by Gasteiger charge is -2.09. The van der Waals surface area contributed by atoms with Crippen molar-refractivity contribution in [2.45, 2.75) is 13.3 Å². The van der Waals surface area contributed by atoms with Crippen molar-refractivity contribution in [2.24, 2.45) is 0 Å². The molecule has 0 aliphatic heterocycles. The summed E-state index contributed by atoms with van der Waals surface area (Å²) in [6, 6.07) is 10.2. The monoisotopic (exact) mass is 332 g/mol. The Balaban J connectivity index is 2.55. The molecule has 0 aliphatic carbocycles. The number of hydrogen-bond donors (Lipinski definition) is 2. The molecule has 5 heteroatoms. The number of ether oxygens (including phenoxy) is 1. The van der Waals surface area contributed by atoms with Crippen LogP contribution in [-0.2, 0) is 11.2 Å². The average molecular weight is 333 g/mol. The van der Waals surface area contributed by atoms with Crippen molar-refractivity contribution in [3.8, 4) is 11.5 Å². The van der Waals surface area contributed by atoms with Gasteiger partial charge in [-0.15, -0.1) is 0 Å². The maximum absolute atomic E-state index is 11.6. The van der Waals surface area contributed by atoms with Gasteiger partial charge >= 0.3 is 5.97 Å². The quantitative estimate of drug-likeness (QED) is 0.634. The van der Waals surface area contributed by atoms with E-state index in [-0.39, 0.29) is 22.6 Å². The molecule has 0 saturated heterocycles. The van der Waals surface area contributed by atoms with Crippen LogP contribution in [0.3, 0.4) is 0 Å². The number of aromatic hydroxyl groups is 1. The number of phenolic OH excluding ortho intramolecular Hbond substituents is 1. The third-order valence-corrected chi connectivity index (χ3v) is 3.71. The summed E-state index contributed by atoms with van der Waals surface area (Å²) < 4.78 is 5.03. The van der Waals surface area contributed by atoms with E-state index < -0.39 is 5.97 Å². The number of carboxylic acids is 1. The van der Waals surface area contributed by atoms with Gasteiger partial charge in [-0.2, -0.15) is 0 Å². The van der Waals surface area contributed by atoms with E-state index in [0.717, 1.165) is 12.0 Å². The van der Waals surface area contributed by atoms with Gasteiger partial charge in [-0.05, 0) is 29.7 Å². The molecule has 120 valence electrons. The van der Waals surface area contributed by atoms with Gasteiger partial charge < -0.3 is 14.9 Å². The van der Waals surface area contributed by atoms with E-state index in [1.54, 1.807) is 12.1 Å². The number of benzene rings is 2. The fourth-order valence-electron chi connectivity index (χ4n) is 2.20.